The molecule has 8 nitrogen and oxygen atoms in total. The van der Waals surface area contributed by atoms with Crippen molar-refractivity contribution in [3.05, 3.63) is 71.5 Å². The molecule has 0 saturated heterocycles. The maximum absolute atomic E-state index is 12.5. The average molecular weight is 407 g/mol. The number of methoxy groups -OCH3 is 2. The van der Waals surface area contributed by atoms with Crippen molar-refractivity contribution in [3.8, 4) is 11.5 Å². The highest BCUT2D eigenvalue weighted by Crippen LogP contribution is 2.37. The minimum Gasteiger partial charge on any atom is -0.494 e. The summed E-state index contributed by atoms with van der Waals surface area (Å²) in [6, 6.07) is 13.3. The molecule has 0 aliphatic carbocycles. The molecule has 0 atom stereocenters. The number of aromatic nitrogens is 1. The smallest absolute Gasteiger partial charge is 0.272 e. The summed E-state index contributed by atoms with van der Waals surface area (Å²) in [7, 11) is 2.90. The van der Waals surface area contributed by atoms with Crippen molar-refractivity contribution in [1.82, 2.24) is 4.98 Å². The number of carbonyl (C=O) groups is 3. The molecule has 0 saturated carbocycles. The number of H-pyrrole nitrogens is 1. The third-order valence-electron chi connectivity index (χ3n) is 4.39. The molecule has 0 aliphatic heterocycles. The highest BCUT2D eigenvalue weighted by atomic mass is 16.5. The second kappa shape index (κ2) is 8.95. The molecule has 0 bridgehead atoms. The molecule has 2 aromatic carbocycles. The minimum atomic E-state index is -0.455. The van der Waals surface area contributed by atoms with Gasteiger partial charge in [-0.3, -0.25) is 14.4 Å². The van der Waals surface area contributed by atoms with E-state index in [1.54, 1.807) is 36.4 Å². The van der Waals surface area contributed by atoms with Crippen molar-refractivity contribution in [1.29, 1.82) is 0 Å². The predicted octanol–water partition coefficient (Wildman–Crippen LogP) is 3.74. The lowest BCUT2D eigenvalue weighted by Gasteiger charge is -2.16. The first-order chi connectivity index (χ1) is 14.4. The largest absolute Gasteiger partial charge is 0.494 e. The second-order valence-electron chi connectivity index (χ2n) is 6.39. The first kappa shape index (κ1) is 20.7. The van der Waals surface area contributed by atoms with Gasteiger partial charge in [0.2, 0.25) is 0 Å². The van der Waals surface area contributed by atoms with Crippen LogP contribution in [0.2, 0.25) is 0 Å². The summed E-state index contributed by atoms with van der Waals surface area (Å²) in [5.41, 5.74) is 1.85. The van der Waals surface area contributed by atoms with Gasteiger partial charge in [-0.1, -0.05) is 18.2 Å². The number of ketones is 1. The molecule has 1 aromatic heterocycles. The van der Waals surface area contributed by atoms with Crippen molar-refractivity contribution in [2.75, 3.05) is 24.9 Å². The molecule has 0 spiro atoms. The number of Topliss-reactive ketones (excluding diaryl/α,β-unsaturated/α-hetero) is 1. The highest BCUT2D eigenvalue weighted by Gasteiger charge is 2.18. The zero-order valence-corrected chi connectivity index (χ0v) is 16.7. The first-order valence-electron chi connectivity index (χ1n) is 9.06. The van der Waals surface area contributed by atoms with E-state index in [0.717, 1.165) is 0 Å². The van der Waals surface area contributed by atoms with Gasteiger partial charge in [0.05, 0.1) is 25.6 Å². The van der Waals surface area contributed by atoms with Crippen LogP contribution in [0, 0.1) is 0 Å². The number of aromatic amines is 1. The lowest BCUT2D eigenvalue weighted by molar-refractivity contribution is 0.101. The van der Waals surface area contributed by atoms with Gasteiger partial charge in [0.25, 0.3) is 11.8 Å². The maximum Gasteiger partial charge on any atom is 0.272 e. The molecule has 30 heavy (non-hydrogen) atoms. The van der Waals surface area contributed by atoms with E-state index in [0.29, 0.717) is 34.0 Å². The van der Waals surface area contributed by atoms with Gasteiger partial charge in [-0.15, -0.1) is 0 Å². The summed E-state index contributed by atoms with van der Waals surface area (Å²) in [5, 5.41) is 5.50. The SMILES string of the molecule is COc1cc(NC(=O)c2cc(C(C)=O)c[nH]2)c(OC)cc1NC(=O)c1ccccc1. The third kappa shape index (κ3) is 4.49. The van der Waals surface area contributed by atoms with Gasteiger partial charge in [-0.05, 0) is 25.1 Å². The molecule has 0 fully saturated rings. The summed E-state index contributed by atoms with van der Waals surface area (Å²) in [4.78, 5) is 39.2. The number of hydrogen-bond donors (Lipinski definition) is 3. The van der Waals surface area contributed by atoms with Crippen LogP contribution >= 0.6 is 0 Å². The summed E-state index contributed by atoms with van der Waals surface area (Å²) in [6.07, 6.45) is 1.47. The first-order valence-corrected chi connectivity index (χ1v) is 9.06. The number of ether oxygens (including phenoxy) is 2. The lowest BCUT2D eigenvalue weighted by atomic mass is 10.2. The van der Waals surface area contributed by atoms with Crippen molar-refractivity contribution in [3.63, 3.8) is 0 Å². The van der Waals surface area contributed by atoms with Gasteiger partial charge in [0, 0.05) is 29.5 Å². The second-order valence-corrected chi connectivity index (χ2v) is 6.39. The number of amides is 2. The van der Waals surface area contributed by atoms with Crippen molar-refractivity contribution >= 4 is 29.0 Å². The molecule has 3 aromatic rings. The number of anilines is 2. The molecule has 154 valence electrons. The van der Waals surface area contributed by atoms with Crippen molar-refractivity contribution < 1.29 is 23.9 Å². The van der Waals surface area contributed by atoms with E-state index in [9.17, 15) is 14.4 Å². The van der Waals surface area contributed by atoms with Crippen LogP contribution in [-0.4, -0.2) is 36.8 Å². The predicted molar refractivity (Wildman–Crippen MR) is 113 cm³/mol. The summed E-state index contributed by atoms with van der Waals surface area (Å²) in [5.74, 6) is -0.250. The van der Waals surface area contributed by atoms with Gasteiger partial charge < -0.3 is 25.1 Å². The van der Waals surface area contributed by atoms with Crippen LogP contribution in [0.15, 0.2) is 54.7 Å². The molecular weight excluding hydrogens is 386 g/mol. The highest BCUT2D eigenvalue weighted by molar-refractivity contribution is 6.07. The number of nitrogens with one attached hydrogen (secondary N) is 3. The molecule has 0 radical (unpaired) electrons. The van der Waals surface area contributed by atoms with E-state index >= 15 is 0 Å². The van der Waals surface area contributed by atoms with Crippen molar-refractivity contribution in [2.45, 2.75) is 6.92 Å². The number of rotatable bonds is 7. The Morgan fingerprint density at radius 3 is 1.87 bits per heavy atom. The molecule has 2 amide bonds. The van der Waals surface area contributed by atoms with E-state index in [2.05, 4.69) is 15.6 Å². The van der Waals surface area contributed by atoms with Gasteiger partial charge in [0.1, 0.15) is 17.2 Å². The molecule has 0 aliphatic rings. The molecule has 0 unspecified atom stereocenters. The summed E-state index contributed by atoms with van der Waals surface area (Å²) in [6.45, 7) is 1.42. The van der Waals surface area contributed by atoms with E-state index in [1.807, 2.05) is 6.07 Å². The van der Waals surface area contributed by atoms with Crippen LogP contribution in [0.3, 0.4) is 0 Å². The standard InChI is InChI=1S/C22H21N3O5/c1-13(26)15-9-18(23-12-15)22(28)25-17-11-19(29-2)16(10-20(17)30-3)24-21(27)14-7-5-4-6-8-14/h4-12,23H,1-3H3,(H,24,27)(H,25,28). The van der Waals surface area contributed by atoms with Crippen LogP contribution in [0.5, 0.6) is 11.5 Å². The van der Waals surface area contributed by atoms with E-state index < -0.39 is 5.91 Å². The van der Waals surface area contributed by atoms with Crippen LogP contribution in [0.4, 0.5) is 11.4 Å². The Bertz CT molecular complexity index is 1090. The van der Waals surface area contributed by atoms with E-state index in [-0.39, 0.29) is 17.4 Å². The van der Waals surface area contributed by atoms with Crippen LogP contribution in [0.25, 0.3) is 0 Å². The summed E-state index contributed by atoms with van der Waals surface area (Å²) >= 11 is 0. The third-order valence-corrected chi connectivity index (χ3v) is 4.39. The van der Waals surface area contributed by atoms with Gasteiger partial charge >= 0.3 is 0 Å². The Morgan fingerprint density at radius 2 is 1.37 bits per heavy atom. The van der Waals surface area contributed by atoms with Gasteiger partial charge in [0.15, 0.2) is 5.78 Å². The van der Waals surface area contributed by atoms with Gasteiger partial charge in [-0.25, -0.2) is 0 Å². The number of carbonyl (C=O) groups excluding carboxylic acids is 3. The molecule has 3 N–H and O–H groups in total. The minimum absolute atomic E-state index is 0.150. The molecule has 8 heteroatoms. The van der Waals surface area contributed by atoms with Crippen LogP contribution in [0.1, 0.15) is 38.1 Å². The number of hydrogen-bond acceptors (Lipinski definition) is 5. The molecule has 1 heterocycles. The zero-order valence-electron chi connectivity index (χ0n) is 16.7. The van der Waals surface area contributed by atoms with Crippen LogP contribution in [-0.2, 0) is 0 Å². The molecular formula is C22H21N3O5. The Balaban J connectivity index is 1.86. The Morgan fingerprint density at radius 1 is 0.800 bits per heavy atom. The fraction of sp³-hybridized carbons (Fsp3) is 0.136. The fourth-order valence-corrected chi connectivity index (χ4v) is 2.80. The quantitative estimate of drug-likeness (QED) is 0.517. The topological polar surface area (TPSA) is 110 Å². The maximum atomic E-state index is 12.5. The normalized spacial score (nSPS) is 10.2. The van der Waals surface area contributed by atoms with Gasteiger partial charge in [-0.2, -0.15) is 0 Å². The average Bonchev–Trinajstić information content (AvgIpc) is 3.26. The van der Waals surface area contributed by atoms with E-state index in [4.69, 9.17) is 9.47 Å². The van der Waals surface area contributed by atoms with E-state index in [1.165, 1.54) is 33.4 Å². The number of benzene rings is 2. The Labute approximate surface area is 173 Å². The van der Waals surface area contributed by atoms with Crippen molar-refractivity contribution in [2.24, 2.45) is 0 Å². The zero-order chi connectivity index (χ0) is 21.7. The Kier molecular flexibility index (Phi) is 6.17. The van der Waals surface area contributed by atoms with Crippen LogP contribution < -0.4 is 20.1 Å². The monoisotopic (exact) mass is 407 g/mol. The Hall–Kier alpha value is -4.07. The lowest BCUT2D eigenvalue weighted by Crippen LogP contribution is -2.15. The summed E-state index contributed by atoms with van der Waals surface area (Å²) < 4.78 is 10.7. The fourth-order valence-electron chi connectivity index (χ4n) is 2.80. The molecule has 3 rings (SSSR count).